The summed E-state index contributed by atoms with van der Waals surface area (Å²) in [5, 5.41) is 1.44. The van der Waals surface area contributed by atoms with E-state index in [0.29, 0.717) is 16.9 Å². The van der Waals surface area contributed by atoms with Gasteiger partial charge in [0.05, 0.1) is 19.6 Å². The Bertz CT molecular complexity index is 878. The average molecular weight is 326 g/mol. The minimum absolute atomic E-state index is 0.0679. The van der Waals surface area contributed by atoms with E-state index >= 15 is 0 Å². The van der Waals surface area contributed by atoms with Crippen LogP contribution < -0.4 is 15.0 Å². The van der Waals surface area contributed by atoms with Gasteiger partial charge in [0.1, 0.15) is 11.5 Å². The number of fused-ring (bicyclic) bond motifs is 1. The molecule has 1 aromatic carbocycles. The van der Waals surface area contributed by atoms with Crippen LogP contribution in [0.5, 0.6) is 11.5 Å². The van der Waals surface area contributed by atoms with Crippen molar-refractivity contribution in [3.8, 4) is 22.6 Å². The van der Waals surface area contributed by atoms with Crippen molar-refractivity contribution in [1.82, 2.24) is 9.55 Å². The number of nitrogens with zero attached hydrogens (tertiary/aromatic N) is 2. The van der Waals surface area contributed by atoms with Crippen LogP contribution in [0.1, 0.15) is 13.8 Å². The number of ether oxygens (including phenoxy) is 2. The van der Waals surface area contributed by atoms with Gasteiger partial charge in [-0.15, -0.1) is 0 Å². The summed E-state index contributed by atoms with van der Waals surface area (Å²) in [6.45, 7) is 4.00. The summed E-state index contributed by atoms with van der Waals surface area (Å²) in [5.41, 5.74) is 1.78. The van der Waals surface area contributed by atoms with Crippen molar-refractivity contribution >= 4 is 10.8 Å². The van der Waals surface area contributed by atoms with Gasteiger partial charge >= 0.3 is 0 Å². The average Bonchev–Trinajstić information content (AvgIpc) is 2.65. The Kier molecular flexibility index (Phi) is 5.58. The van der Waals surface area contributed by atoms with Crippen LogP contribution >= 0.6 is 0 Å². The maximum Gasteiger partial charge on any atom is 0.259 e. The summed E-state index contributed by atoms with van der Waals surface area (Å²) in [6, 6.07) is 7.50. The molecule has 0 amide bonds. The third kappa shape index (κ3) is 3.25. The summed E-state index contributed by atoms with van der Waals surface area (Å²) < 4.78 is 12.2. The zero-order valence-corrected chi connectivity index (χ0v) is 14.7. The first-order valence-electron chi connectivity index (χ1n) is 7.81. The molecular formula is C19H22N2O3. The predicted octanol–water partition coefficient (Wildman–Crippen LogP) is 3.64. The van der Waals surface area contributed by atoms with Gasteiger partial charge in [0, 0.05) is 37.3 Å². The first-order chi connectivity index (χ1) is 11.6. The van der Waals surface area contributed by atoms with Crippen LogP contribution in [-0.4, -0.2) is 23.8 Å². The first-order valence-corrected chi connectivity index (χ1v) is 7.81. The fourth-order valence-corrected chi connectivity index (χ4v) is 2.50. The molecule has 2 aromatic heterocycles. The SMILES string of the molecule is CC.COc1cc(OC)cc(-c2cn(C)c(=O)c3cnccc23)c1. The Morgan fingerprint density at radius 2 is 1.62 bits per heavy atom. The minimum Gasteiger partial charge on any atom is -0.497 e. The number of aryl methyl sites for hydroxylation is 1. The lowest BCUT2D eigenvalue weighted by molar-refractivity contribution is 0.394. The Labute approximate surface area is 141 Å². The van der Waals surface area contributed by atoms with Gasteiger partial charge in [-0.1, -0.05) is 13.8 Å². The first kappa shape index (κ1) is 17.5. The molecule has 0 radical (unpaired) electrons. The van der Waals surface area contributed by atoms with Gasteiger partial charge in [0.25, 0.3) is 5.56 Å². The maximum absolute atomic E-state index is 12.2. The van der Waals surface area contributed by atoms with Gasteiger partial charge < -0.3 is 14.0 Å². The van der Waals surface area contributed by atoms with Crippen molar-refractivity contribution in [3.63, 3.8) is 0 Å². The number of rotatable bonds is 3. The van der Waals surface area contributed by atoms with Gasteiger partial charge in [-0.25, -0.2) is 0 Å². The second kappa shape index (κ2) is 7.64. The molecule has 0 unspecified atom stereocenters. The van der Waals surface area contributed by atoms with Crippen LogP contribution in [0.25, 0.3) is 21.9 Å². The zero-order valence-electron chi connectivity index (χ0n) is 14.7. The monoisotopic (exact) mass is 326 g/mol. The van der Waals surface area contributed by atoms with Crippen molar-refractivity contribution in [1.29, 1.82) is 0 Å². The molecule has 0 saturated carbocycles. The van der Waals surface area contributed by atoms with Crippen LogP contribution in [0, 0.1) is 0 Å². The van der Waals surface area contributed by atoms with Crippen molar-refractivity contribution in [2.75, 3.05) is 14.2 Å². The van der Waals surface area contributed by atoms with Crippen molar-refractivity contribution in [2.24, 2.45) is 7.05 Å². The third-order valence-electron chi connectivity index (χ3n) is 3.65. The maximum atomic E-state index is 12.2. The van der Waals surface area contributed by atoms with E-state index in [2.05, 4.69) is 4.98 Å². The van der Waals surface area contributed by atoms with E-state index in [0.717, 1.165) is 16.5 Å². The van der Waals surface area contributed by atoms with Gasteiger partial charge in [-0.05, 0) is 29.1 Å². The van der Waals surface area contributed by atoms with E-state index in [1.807, 2.05) is 44.3 Å². The third-order valence-corrected chi connectivity index (χ3v) is 3.65. The number of benzene rings is 1. The van der Waals surface area contributed by atoms with E-state index in [9.17, 15) is 4.79 Å². The van der Waals surface area contributed by atoms with Crippen LogP contribution in [-0.2, 0) is 7.05 Å². The Morgan fingerprint density at radius 1 is 1.00 bits per heavy atom. The summed E-state index contributed by atoms with van der Waals surface area (Å²) in [7, 11) is 4.96. The molecule has 0 aliphatic heterocycles. The standard InChI is InChI=1S/C17H16N2O3.C2H6/c1-19-10-16(14-4-5-18-9-15(14)17(19)20)11-6-12(21-2)8-13(7-11)22-3;1-2/h4-10H,1-3H3;1-2H3. The highest BCUT2D eigenvalue weighted by Crippen LogP contribution is 2.32. The summed E-state index contributed by atoms with van der Waals surface area (Å²) >= 11 is 0. The van der Waals surface area contributed by atoms with Crippen LogP contribution in [0.3, 0.4) is 0 Å². The van der Waals surface area contributed by atoms with Gasteiger partial charge in [-0.3, -0.25) is 9.78 Å². The predicted molar refractivity (Wildman–Crippen MR) is 96.9 cm³/mol. The summed E-state index contributed by atoms with van der Waals surface area (Å²) in [6.07, 6.45) is 5.10. The number of hydrogen-bond acceptors (Lipinski definition) is 4. The highest BCUT2D eigenvalue weighted by atomic mass is 16.5. The highest BCUT2D eigenvalue weighted by molar-refractivity contribution is 5.95. The van der Waals surface area contributed by atoms with Crippen LogP contribution in [0.2, 0.25) is 0 Å². The fraction of sp³-hybridized carbons (Fsp3) is 0.263. The molecule has 0 aliphatic rings. The van der Waals surface area contributed by atoms with E-state index < -0.39 is 0 Å². The Hall–Kier alpha value is -2.82. The van der Waals surface area contributed by atoms with E-state index in [1.54, 1.807) is 38.2 Å². The molecule has 0 spiro atoms. The largest absolute Gasteiger partial charge is 0.497 e. The molecule has 3 rings (SSSR count). The number of hydrogen-bond donors (Lipinski definition) is 0. The smallest absolute Gasteiger partial charge is 0.259 e. The normalized spacial score (nSPS) is 10.0. The zero-order chi connectivity index (χ0) is 17.7. The van der Waals surface area contributed by atoms with E-state index in [4.69, 9.17) is 9.47 Å². The molecule has 0 fully saturated rings. The van der Waals surface area contributed by atoms with Crippen LogP contribution in [0.4, 0.5) is 0 Å². The van der Waals surface area contributed by atoms with E-state index in [1.165, 1.54) is 0 Å². The molecular weight excluding hydrogens is 304 g/mol. The molecule has 0 N–H and O–H groups in total. The topological polar surface area (TPSA) is 53.4 Å². The quantitative estimate of drug-likeness (QED) is 0.737. The van der Waals surface area contributed by atoms with E-state index in [-0.39, 0.29) is 5.56 Å². The van der Waals surface area contributed by atoms with Crippen molar-refractivity contribution in [2.45, 2.75) is 13.8 Å². The highest BCUT2D eigenvalue weighted by Gasteiger charge is 2.11. The fourth-order valence-electron chi connectivity index (χ4n) is 2.50. The summed E-state index contributed by atoms with van der Waals surface area (Å²) in [4.78, 5) is 16.3. The molecule has 0 saturated heterocycles. The van der Waals surface area contributed by atoms with Gasteiger partial charge in [0.15, 0.2) is 0 Å². The van der Waals surface area contributed by atoms with Gasteiger partial charge in [0.2, 0.25) is 0 Å². The van der Waals surface area contributed by atoms with Gasteiger partial charge in [-0.2, -0.15) is 0 Å². The molecule has 5 heteroatoms. The second-order valence-corrected chi connectivity index (χ2v) is 4.98. The Morgan fingerprint density at radius 3 is 2.21 bits per heavy atom. The second-order valence-electron chi connectivity index (χ2n) is 4.98. The van der Waals surface area contributed by atoms with Crippen LogP contribution in [0.15, 0.2) is 47.7 Å². The molecule has 3 aromatic rings. The molecule has 5 nitrogen and oxygen atoms in total. The van der Waals surface area contributed by atoms with Crippen molar-refractivity contribution in [3.05, 3.63) is 53.2 Å². The number of pyridine rings is 2. The molecule has 0 bridgehead atoms. The molecule has 0 aliphatic carbocycles. The minimum atomic E-state index is -0.0679. The number of aromatic nitrogens is 2. The number of methoxy groups -OCH3 is 2. The Balaban J connectivity index is 0.00000100. The lowest BCUT2D eigenvalue weighted by Crippen LogP contribution is -2.16. The molecule has 126 valence electrons. The van der Waals surface area contributed by atoms with Crippen molar-refractivity contribution < 1.29 is 9.47 Å². The molecule has 0 atom stereocenters. The lowest BCUT2D eigenvalue weighted by Gasteiger charge is -2.12. The summed E-state index contributed by atoms with van der Waals surface area (Å²) in [5.74, 6) is 1.40. The molecule has 2 heterocycles. The lowest BCUT2D eigenvalue weighted by atomic mass is 10.0. The molecule has 24 heavy (non-hydrogen) atoms.